The molecular weight excluding hydrogens is 554 g/mol. The zero-order valence-corrected chi connectivity index (χ0v) is 26.6. The van der Waals surface area contributed by atoms with Gasteiger partial charge < -0.3 is 15.0 Å². The maximum absolute atomic E-state index is 13.0. The molecule has 224 valence electrons. The Morgan fingerprint density at radius 1 is 1.12 bits per heavy atom. The minimum atomic E-state index is -0.433. The first-order valence-corrected chi connectivity index (χ1v) is 15.8. The van der Waals surface area contributed by atoms with Crippen molar-refractivity contribution in [2.45, 2.75) is 65.0 Å². The standard InChI is InChI=1S/C37H42ClN3O2/c1-36(2,3)27-11-12-32-29(21-27)30-20-25(35-28(34(30)40-32)14-17-37(4,5)43-35)10-13-33(42)39-22-24-15-18-41(19-16-24)23-26-8-6-7-9-31(26)38/h6-14,17,20-21,24,40H,15-16,18-19,22-23H2,1-5H3,(H,39,42)/b13-10+. The number of likely N-dealkylation sites (tertiary alicyclic amines) is 1. The smallest absolute Gasteiger partial charge is 0.244 e. The van der Waals surface area contributed by atoms with Crippen LogP contribution in [0, 0.1) is 5.92 Å². The Labute approximate surface area is 259 Å². The highest BCUT2D eigenvalue weighted by Crippen LogP contribution is 2.42. The van der Waals surface area contributed by atoms with Crippen LogP contribution in [0.5, 0.6) is 5.75 Å². The lowest BCUT2D eigenvalue weighted by Crippen LogP contribution is -2.38. The van der Waals surface area contributed by atoms with Gasteiger partial charge in [0.05, 0.1) is 5.52 Å². The summed E-state index contributed by atoms with van der Waals surface area (Å²) in [7, 11) is 0. The molecule has 1 saturated heterocycles. The molecule has 0 saturated carbocycles. The number of nitrogens with zero attached hydrogens (tertiary/aromatic N) is 1. The summed E-state index contributed by atoms with van der Waals surface area (Å²) in [5.41, 5.74) is 6.16. The lowest BCUT2D eigenvalue weighted by atomic mass is 9.86. The molecule has 0 spiro atoms. The van der Waals surface area contributed by atoms with Crippen LogP contribution in [0.4, 0.5) is 0 Å². The predicted octanol–water partition coefficient (Wildman–Crippen LogP) is 8.50. The van der Waals surface area contributed by atoms with E-state index in [2.05, 4.69) is 92.3 Å². The fourth-order valence-electron chi connectivity index (χ4n) is 6.20. The Balaban J connectivity index is 1.17. The number of halogens is 1. The number of carbonyl (C=O) groups is 1. The molecule has 2 N–H and O–H groups in total. The first kappa shape index (κ1) is 29.5. The monoisotopic (exact) mass is 595 g/mol. The molecule has 0 bridgehead atoms. The number of fused-ring (bicyclic) bond motifs is 5. The summed E-state index contributed by atoms with van der Waals surface area (Å²) in [6.07, 6.45) is 9.92. The predicted molar refractivity (Wildman–Crippen MR) is 180 cm³/mol. The number of rotatable bonds is 6. The molecule has 43 heavy (non-hydrogen) atoms. The second-order valence-corrected chi connectivity index (χ2v) is 14.1. The minimum Gasteiger partial charge on any atom is -0.482 e. The van der Waals surface area contributed by atoms with Crippen molar-refractivity contribution in [3.8, 4) is 5.75 Å². The number of hydrogen-bond acceptors (Lipinski definition) is 3. The molecule has 4 aromatic rings. The lowest BCUT2D eigenvalue weighted by molar-refractivity contribution is -0.116. The van der Waals surface area contributed by atoms with Crippen LogP contribution < -0.4 is 10.1 Å². The van der Waals surface area contributed by atoms with Crippen LogP contribution in [-0.2, 0) is 16.8 Å². The Morgan fingerprint density at radius 2 is 1.88 bits per heavy atom. The zero-order chi connectivity index (χ0) is 30.4. The van der Waals surface area contributed by atoms with E-state index >= 15 is 0 Å². The Kier molecular flexibility index (Phi) is 7.91. The summed E-state index contributed by atoms with van der Waals surface area (Å²) >= 11 is 6.36. The van der Waals surface area contributed by atoms with Crippen molar-refractivity contribution < 1.29 is 9.53 Å². The molecule has 0 atom stereocenters. The third-order valence-electron chi connectivity index (χ3n) is 8.84. The van der Waals surface area contributed by atoms with E-state index < -0.39 is 5.60 Å². The summed E-state index contributed by atoms with van der Waals surface area (Å²) in [5.74, 6) is 1.20. The summed E-state index contributed by atoms with van der Waals surface area (Å²) < 4.78 is 6.48. The van der Waals surface area contributed by atoms with Crippen molar-refractivity contribution in [3.63, 3.8) is 0 Å². The molecular formula is C37H42ClN3O2. The van der Waals surface area contributed by atoms with Crippen LogP contribution in [-0.4, -0.2) is 41.0 Å². The van der Waals surface area contributed by atoms with Gasteiger partial charge in [0.15, 0.2) is 0 Å². The second kappa shape index (κ2) is 11.5. The van der Waals surface area contributed by atoms with E-state index in [0.717, 1.165) is 70.8 Å². The number of amides is 1. The first-order chi connectivity index (χ1) is 20.5. The van der Waals surface area contributed by atoms with Gasteiger partial charge in [-0.3, -0.25) is 9.69 Å². The molecule has 2 aliphatic heterocycles. The number of H-pyrrole nitrogens is 1. The number of aromatic amines is 1. The number of ether oxygens (including phenoxy) is 1. The quantitative estimate of drug-likeness (QED) is 0.220. The molecule has 0 unspecified atom stereocenters. The van der Waals surface area contributed by atoms with Gasteiger partial charge in [0, 0.05) is 51.6 Å². The SMILES string of the molecule is CC1(C)C=Cc2c(c(/C=C/C(=O)NCC3CCN(Cc4ccccc4Cl)CC3)cc3c2[nH]c2ccc(C(C)(C)C)cc23)O1. The van der Waals surface area contributed by atoms with Crippen molar-refractivity contribution in [1.29, 1.82) is 0 Å². The third-order valence-corrected chi connectivity index (χ3v) is 9.20. The van der Waals surface area contributed by atoms with Gasteiger partial charge >= 0.3 is 0 Å². The van der Waals surface area contributed by atoms with Crippen LogP contribution in [0.25, 0.3) is 34.0 Å². The van der Waals surface area contributed by atoms with Gasteiger partial charge in [-0.05, 0) is 105 Å². The molecule has 0 radical (unpaired) electrons. The fourth-order valence-corrected chi connectivity index (χ4v) is 6.39. The summed E-state index contributed by atoms with van der Waals surface area (Å²) in [4.78, 5) is 19.1. The minimum absolute atomic E-state index is 0.0477. The van der Waals surface area contributed by atoms with Crippen LogP contribution in [0.3, 0.4) is 0 Å². The van der Waals surface area contributed by atoms with Gasteiger partial charge in [-0.1, -0.05) is 56.6 Å². The number of nitrogens with one attached hydrogen (secondary N) is 2. The largest absolute Gasteiger partial charge is 0.482 e. The highest BCUT2D eigenvalue weighted by atomic mass is 35.5. The van der Waals surface area contributed by atoms with E-state index in [9.17, 15) is 4.79 Å². The molecule has 3 heterocycles. The van der Waals surface area contributed by atoms with Crippen LogP contribution in [0.1, 0.15) is 69.7 Å². The molecule has 0 aliphatic carbocycles. The van der Waals surface area contributed by atoms with Crippen LogP contribution in [0.15, 0.2) is 60.7 Å². The number of hydrogen-bond donors (Lipinski definition) is 2. The van der Waals surface area contributed by atoms with Crippen molar-refractivity contribution in [2.24, 2.45) is 5.92 Å². The fraction of sp³-hybridized carbons (Fsp3) is 0.378. The third kappa shape index (κ3) is 6.39. The highest BCUT2D eigenvalue weighted by Gasteiger charge is 2.27. The normalized spacial score (nSPS) is 17.4. The Bertz CT molecular complexity index is 1730. The van der Waals surface area contributed by atoms with Gasteiger partial charge in [-0.15, -0.1) is 0 Å². The van der Waals surface area contributed by atoms with Gasteiger partial charge in [0.1, 0.15) is 11.4 Å². The average Bonchev–Trinajstić information content (AvgIpc) is 3.33. The molecule has 6 heteroatoms. The van der Waals surface area contributed by atoms with E-state index in [1.807, 2.05) is 24.3 Å². The Morgan fingerprint density at radius 3 is 2.63 bits per heavy atom. The molecule has 5 nitrogen and oxygen atoms in total. The van der Waals surface area contributed by atoms with Crippen molar-refractivity contribution >= 4 is 51.5 Å². The Hall–Kier alpha value is -3.54. The second-order valence-electron chi connectivity index (χ2n) is 13.7. The van der Waals surface area contributed by atoms with E-state index in [1.165, 1.54) is 16.5 Å². The summed E-state index contributed by atoms with van der Waals surface area (Å²) in [6, 6.07) is 16.9. The number of aromatic nitrogens is 1. The maximum Gasteiger partial charge on any atom is 0.244 e. The topological polar surface area (TPSA) is 57.4 Å². The zero-order valence-electron chi connectivity index (χ0n) is 25.9. The van der Waals surface area contributed by atoms with Crippen molar-refractivity contribution in [3.05, 3.63) is 88.0 Å². The van der Waals surface area contributed by atoms with Gasteiger partial charge in [0.2, 0.25) is 5.91 Å². The molecule has 3 aromatic carbocycles. The average molecular weight is 596 g/mol. The molecule has 2 aliphatic rings. The van der Waals surface area contributed by atoms with Crippen LogP contribution in [0.2, 0.25) is 5.02 Å². The van der Waals surface area contributed by atoms with E-state index in [0.29, 0.717) is 12.5 Å². The van der Waals surface area contributed by atoms with Gasteiger partial charge in [-0.2, -0.15) is 0 Å². The number of carbonyl (C=O) groups excluding carboxylic acids is 1. The van der Waals surface area contributed by atoms with Crippen molar-refractivity contribution in [2.75, 3.05) is 19.6 Å². The lowest BCUT2D eigenvalue weighted by Gasteiger charge is -2.32. The highest BCUT2D eigenvalue weighted by molar-refractivity contribution is 6.31. The molecule has 1 aromatic heterocycles. The first-order valence-electron chi connectivity index (χ1n) is 15.4. The van der Waals surface area contributed by atoms with Gasteiger partial charge in [0.25, 0.3) is 0 Å². The summed E-state index contributed by atoms with van der Waals surface area (Å²) in [5, 5.41) is 6.30. The van der Waals surface area contributed by atoms with Crippen molar-refractivity contribution in [1.82, 2.24) is 15.2 Å². The number of piperidine rings is 1. The summed E-state index contributed by atoms with van der Waals surface area (Å²) in [6.45, 7) is 14.4. The maximum atomic E-state index is 13.0. The van der Waals surface area contributed by atoms with E-state index in [-0.39, 0.29) is 11.3 Å². The molecule has 1 fully saturated rings. The molecule has 6 rings (SSSR count). The van der Waals surface area contributed by atoms with Gasteiger partial charge in [-0.25, -0.2) is 0 Å². The molecule has 1 amide bonds. The number of benzene rings is 3. The van der Waals surface area contributed by atoms with E-state index in [4.69, 9.17) is 16.3 Å². The van der Waals surface area contributed by atoms with E-state index in [1.54, 1.807) is 6.08 Å². The van der Waals surface area contributed by atoms with Crippen LogP contribution >= 0.6 is 11.6 Å².